The first-order valence-electron chi connectivity index (χ1n) is 7.41. The van der Waals surface area contributed by atoms with E-state index in [1.807, 2.05) is 6.92 Å². The van der Waals surface area contributed by atoms with E-state index in [0.29, 0.717) is 27.5 Å². The maximum Gasteiger partial charge on any atom is 0.267 e. The van der Waals surface area contributed by atoms with Crippen LogP contribution >= 0.6 is 23.2 Å². The van der Waals surface area contributed by atoms with Gasteiger partial charge < -0.3 is 14.6 Å². The van der Waals surface area contributed by atoms with Gasteiger partial charge in [-0.1, -0.05) is 28.4 Å². The minimum atomic E-state index is -0.406. The molecule has 0 spiro atoms. The Morgan fingerprint density at radius 3 is 3.00 bits per heavy atom. The fourth-order valence-corrected chi connectivity index (χ4v) is 2.91. The van der Waals surface area contributed by atoms with Crippen molar-refractivity contribution >= 4 is 23.2 Å². The highest BCUT2D eigenvalue weighted by Gasteiger charge is 2.27. The lowest BCUT2D eigenvalue weighted by atomic mass is 10.2. The molecule has 1 aliphatic rings. The molecule has 8 heteroatoms. The molecule has 2 heterocycles. The Bertz CT molecular complexity index is 679. The molecule has 0 saturated carbocycles. The van der Waals surface area contributed by atoms with Gasteiger partial charge in [0.1, 0.15) is 5.75 Å². The number of likely N-dealkylation sites (N-methyl/N-ethyl adjacent to an activating group) is 1. The average Bonchev–Trinajstić information content (AvgIpc) is 3.00. The molecule has 1 aliphatic heterocycles. The van der Waals surface area contributed by atoms with Gasteiger partial charge >= 0.3 is 0 Å². The molecule has 3 rings (SSSR count). The molecule has 2 atom stereocenters. The van der Waals surface area contributed by atoms with Gasteiger partial charge in [0.2, 0.25) is 0 Å². The third kappa shape index (κ3) is 3.77. The highest BCUT2D eigenvalue weighted by molar-refractivity contribution is 6.35. The Morgan fingerprint density at radius 1 is 1.43 bits per heavy atom. The standard InChI is InChI=1S/C15H18Cl2N4O2/c1-9(22-13-4-3-10(16)7-11(13)17)15-19-14(20-23-15)12-8-18-5-6-21(12)2/h3-4,7,9,12,18H,5-6,8H2,1-2H3. The van der Waals surface area contributed by atoms with Crippen molar-refractivity contribution in [1.82, 2.24) is 20.4 Å². The number of aromatic nitrogens is 2. The van der Waals surface area contributed by atoms with E-state index >= 15 is 0 Å². The first-order chi connectivity index (χ1) is 11.0. The summed E-state index contributed by atoms with van der Waals surface area (Å²) >= 11 is 12.0. The van der Waals surface area contributed by atoms with Gasteiger partial charge in [0.25, 0.3) is 5.89 Å². The van der Waals surface area contributed by atoms with Crippen molar-refractivity contribution in [3.05, 3.63) is 40.0 Å². The Kier molecular flexibility index (Phi) is 5.06. The van der Waals surface area contributed by atoms with E-state index in [4.69, 9.17) is 32.5 Å². The minimum absolute atomic E-state index is 0.104. The molecule has 0 aliphatic carbocycles. The predicted molar refractivity (Wildman–Crippen MR) is 88.0 cm³/mol. The molecule has 2 unspecified atom stereocenters. The van der Waals surface area contributed by atoms with Crippen molar-refractivity contribution in [3.8, 4) is 5.75 Å². The van der Waals surface area contributed by atoms with Crippen molar-refractivity contribution < 1.29 is 9.26 Å². The maximum absolute atomic E-state index is 6.12. The van der Waals surface area contributed by atoms with Crippen molar-refractivity contribution in [2.24, 2.45) is 0 Å². The first-order valence-corrected chi connectivity index (χ1v) is 8.16. The fourth-order valence-electron chi connectivity index (χ4n) is 2.45. The molecule has 1 N–H and O–H groups in total. The number of nitrogens with one attached hydrogen (secondary N) is 1. The number of rotatable bonds is 4. The highest BCUT2D eigenvalue weighted by atomic mass is 35.5. The summed E-state index contributed by atoms with van der Waals surface area (Å²) in [6, 6.07) is 5.18. The second-order valence-electron chi connectivity index (χ2n) is 5.53. The third-order valence-electron chi connectivity index (χ3n) is 3.81. The molecule has 0 bridgehead atoms. The second kappa shape index (κ2) is 7.05. The minimum Gasteiger partial charge on any atom is -0.479 e. The Balaban J connectivity index is 1.71. The van der Waals surface area contributed by atoms with Crippen molar-refractivity contribution in [2.45, 2.75) is 19.1 Å². The number of hydrogen-bond donors (Lipinski definition) is 1. The number of hydrogen-bond acceptors (Lipinski definition) is 6. The van der Waals surface area contributed by atoms with Crippen LogP contribution in [0.1, 0.15) is 30.8 Å². The molecule has 1 aromatic heterocycles. The third-order valence-corrected chi connectivity index (χ3v) is 4.34. The largest absolute Gasteiger partial charge is 0.479 e. The van der Waals surface area contributed by atoms with Crippen LogP contribution < -0.4 is 10.1 Å². The van der Waals surface area contributed by atoms with Gasteiger partial charge in [0.05, 0.1) is 11.1 Å². The monoisotopic (exact) mass is 356 g/mol. The lowest BCUT2D eigenvalue weighted by Gasteiger charge is -2.30. The van der Waals surface area contributed by atoms with Crippen LogP contribution in [0, 0.1) is 0 Å². The zero-order valence-corrected chi connectivity index (χ0v) is 14.4. The van der Waals surface area contributed by atoms with E-state index in [1.54, 1.807) is 18.2 Å². The molecule has 23 heavy (non-hydrogen) atoms. The smallest absolute Gasteiger partial charge is 0.267 e. The summed E-state index contributed by atoms with van der Waals surface area (Å²) in [5.41, 5.74) is 0. The van der Waals surface area contributed by atoms with E-state index < -0.39 is 6.10 Å². The van der Waals surface area contributed by atoms with Crippen LogP contribution in [0.15, 0.2) is 22.7 Å². The molecule has 1 fully saturated rings. The van der Waals surface area contributed by atoms with Crippen molar-refractivity contribution in [1.29, 1.82) is 0 Å². The van der Waals surface area contributed by atoms with Crippen molar-refractivity contribution in [2.75, 3.05) is 26.7 Å². The van der Waals surface area contributed by atoms with Crippen LogP contribution in [-0.4, -0.2) is 41.7 Å². The summed E-state index contributed by atoms with van der Waals surface area (Å²) in [6.07, 6.45) is -0.406. The average molecular weight is 357 g/mol. The van der Waals surface area contributed by atoms with E-state index in [-0.39, 0.29) is 6.04 Å². The van der Waals surface area contributed by atoms with E-state index in [9.17, 15) is 0 Å². The topological polar surface area (TPSA) is 63.4 Å². The van der Waals surface area contributed by atoms with Gasteiger partial charge in [-0.05, 0) is 32.2 Å². The SMILES string of the molecule is CC(Oc1ccc(Cl)cc1Cl)c1nc(C2CNCCN2C)no1. The predicted octanol–water partition coefficient (Wildman–Crippen LogP) is 3.09. The van der Waals surface area contributed by atoms with Gasteiger partial charge in [-0.25, -0.2) is 0 Å². The van der Waals surface area contributed by atoms with Crippen LogP contribution in [-0.2, 0) is 0 Å². The molecule has 0 amide bonds. The lowest BCUT2D eigenvalue weighted by molar-refractivity contribution is 0.173. The summed E-state index contributed by atoms with van der Waals surface area (Å²) in [4.78, 5) is 6.68. The summed E-state index contributed by atoms with van der Waals surface area (Å²) in [7, 11) is 2.05. The van der Waals surface area contributed by atoms with Crippen molar-refractivity contribution in [3.63, 3.8) is 0 Å². The lowest BCUT2D eigenvalue weighted by Crippen LogP contribution is -2.44. The second-order valence-corrected chi connectivity index (χ2v) is 6.37. The van der Waals surface area contributed by atoms with Crippen LogP contribution in [0.4, 0.5) is 0 Å². The van der Waals surface area contributed by atoms with Crippen LogP contribution in [0.25, 0.3) is 0 Å². The maximum atomic E-state index is 6.12. The number of halogens is 2. The zero-order chi connectivity index (χ0) is 16.4. The van der Waals surface area contributed by atoms with Gasteiger partial charge in [0.15, 0.2) is 11.9 Å². The summed E-state index contributed by atoms with van der Waals surface area (Å²) in [5.74, 6) is 1.61. The van der Waals surface area contributed by atoms with Gasteiger partial charge in [-0.15, -0.1) is 0 Å². The number of benzene rings is 1. The Labute approximate surface area is 144 Å². The number of ether oxygens (including phenoxy) is 1. The summed E-state index contributed by atoms with van der Waals surface area (Å²) in [6.45, 7) is 4.55. The molecule has 1 saturated heterocycles. The van der Waals surface area contributed by atoms with Gasteiger partial charge in [-0.3, -0.25) is 4.90 Å². The quantitative estimate of drug-likeness (QED) is 0.907. The highest BCUT2D eigenvalue weighted by Crippen LogP contribution is 2.31. The van der Waals surface area contributed by atoms with Crippen LogP contribution in [0.5, 0.6) is 5.75 Å². The van der Waals surface area contributed by atoms with E-state index in [0.717, 1.165) is 19.6 Å². The molecule has 124 valence electrons. The molecular weight excluding hydrogens is 339 g/mol. The van der Waals surface area contributed by atoms with E-state index in [2.05, 4.69) is 27.4 Å². The van der Waals surface area contributed by atoms with Crippen LogP contribution in [0.2, 0.25) is 10.0 Å². The fraction of sp³-hybridized carbons (Fsp3) is 0.467. The van der Waals surface area contributed by atoms with Gasteiger partial charge in [-0.2, -0.15) is 4.98 Å². The molecule has 0 radical (unpaired) electrons. The Hall–Kier alpha value is -1.34. The first kappa shape index (κ1) is 16.5. The number of nitrogens with zero attached hydrogens (tertiary/aromatic N) is 3. The number of piperazine rings is 1. The van der Waals surface area contributed by atoms with Crippen LogP contribution in [0.3, 0.4) is 0 Å². The summed E-state index contributed by atoms with van der Waals surface area (Å²) in [5, 5.41) is 8.42. The summed E-state index contributed by atoms with van der Waals surface area (Å²) < 4.78 is 11.2. The molecular formula is C15H18Cl2N4O2. The van der Waals surface area contributed by atoms with Gasteiger partial charge in [0, 0.05) is 24.7 Å². The normalized spacial score (nSPS) is 20.4. The molecule has 1 aromatic carbocycles. The molecule has 2 aromatic rings. The zero-order valence-electron chi connectivity index (χ0n) is 12.9. The Morgan fingerprint density at radius 2 is 2.26 bits per heavy atom. The molecule has 6 nitrogen and oxygen atoms in total. The van der Waals surface area contributed by atoms with E-state index in [1.165, 1.54) is 0 Å².